The van der Waals surface area contributed by atoms with E-state index in [4.69, 9.17) is 4.74 Å². The summed E-state index contributed by atoms with van der Waals surface area (Å²) < 4.78 is 7.07. The second-order valence-corrected chi connectivity index (χ2v) is 16.6. The molecule has 1 heterocycles. The van der Waals surface area contributed by atoms with Crippen molar-refractivity contribution in [3.8, 4) is 56.0 Å². The number of rotatable bonds is 1. The van der Waals surface area contributed by atoms with Gasteiger partial charge in [0.15, 0.2) is 0 Å². The van der Waals surface area contributed by atoms with E-state index in [1.165, 1.54) is 111 Å². The summed E-state index contributed by atoms with van der Waals surface area (Å²) in [4.78, 5) is 0. The molecule has 14 rings (SSSR count). The van der Waals surface area contributed by atoms with Gasteiger partial charge in [-0.1, -0.05) is 182 Å². The zero-order valence-electron chi connectivity index (χ0n) is 32.0. The van der Waals surface area contributed by atoms with Crippen LogP contribution in [0.1, 0.15) is 44.5 Å². The third-order valence-electron chi connectivity index (χ3n) is 14.1. The van der Waals surface area contributed by atoms with Crippen LogP contribution < -0.4 is 4.74 Å². The third kappa shape index (κ3) is 3.73. The first-order valence-corrected chi connectivity index (χ1v) is 20.7. The fraction of sp³-hybridized carbons (Fsp3) is 0.0345. The van der Waals surface area contributed by atoms with Crippen LogP contribution in [0.15, 0.2) is 206 Å². The molecule has 1 unspecified atom stereocenters. The maximum Gasteiger partial charge on any atom is 0.132 e. The molecule has 10 aromatic carbocycles. The van der Waals surface area contributed by atoms with Gasteiger partial charge in [-0.3, -0.25) is 0 Å². The zero-order chi connectivity index (χ0) is 38.5. The predicted octanol–water partition coefficient (Wildman–Crippen LogP) is 14.5. The van der Waals surface area contributed by atoms with E-state index in [0.29, 0.717) is 0 Å². The van der Waals surface area contributed by atoms with Crippen molar-refractivity contribution < 1.29 is 4.74 Å². The maximum absolute atomic E-state index is 7.07. The largest absolute Gasteiger partial charge is 0.457 e. The SMILES string of the molecule is c1ccc2c(c1)-c1ccccc1C21c2cc(-c3cccc4c3C3(c5ccccc5-4)c4ccccc4-c4cccc5cccc3c45)ccc2Oc2cc3ccccc3cc21. The standard InChI is InChI=1S/C58H34O/c1-2-15-37-34-54-52(32-36(37)14-1)57(46-25-7-3-18-40(46)41-19-4-8-26-47(41)57)51-33-38(30-31-53(51)59-54)39-22-13-24-45-43-21-6-10-28-49(43)58(56(39)45)48-27-9-5-20-42(48)44-23-11-16-35-17-12-29-50(58)55(35)44/h1-34H. The number of fused-ring (bicyclic) bond motifs is 19. The third-order valence-corrected chi connectivity index (χ3v) is 14.1. The van der Waals surface area contributed by atoms with Crippen molar-refractivity contribution >= 4 is 21.5 Å². The summed E-state index contributed by atoms with van der Waals surface area (Å²) >= 11 is 0. The first-order chi connectivity index (χ1) is 29.3. The number of ether oxygens (including phenoxy) is 1. The molecule has 10 aromatic rings. The molecule has 1 heteroatoms. The highest BCUT2D eigenvalue weighted by atomic mass is 16.5. The van der Waals surface area contributed by atoms with E-state index in [9.17, 15) is 0 Å². The molecule has 0 bridgehead atoms. The smallest absolute Gasteiger partial charge is 0.132 e. The van der Waals surface area contributed by atoms with Crippen LogP contribution in [0.25, 0.3) is 66.1 Å². The van der Waals surface area contributed by atoms with Gasteiger partial charge in [0.25, 0.3) is 0 Å². The van der Waals surface area contributed by atoms with Crippen molar-refractivity contribution in [2.45, 2.75) is 10.8 Å². The van der Waals surface area contributed by atoms with Crippen molar-refractivity contribution in [1.29, 1.82) is 0 Å². The molecule has 1 atom stereocenters. The second kappa shape index (κ2) is 11.1. The lowest BCUT2D eigenvalue weighted by atomic mass is 9.60. The maximum atomic E-state index is 7.07. The van der Waals surface area contributed by atoms with E-state index >= 15 is 0 Å². The molecular formula is C58H34O. The summed E-state index contributed by atoms with van der Waals surface area (Å²) in [7, 11) is 0. The molecule has 59 heavy (non-hydrogen) atoms. The van der Waals surface area contributed by atoms with Gasteiger partial charge in [-0.2, -0.15) is 0 Å². The van der Waals surface area contributed by atoms with Crippen LogP contribution in [0.4, 0.5) is 0 Å². The molecule has 0 amide bonds. The van der Waals surface area contributed by atoms with E-state index in [-0.39, 0.29) is 0 Å². The van der Waals surface area contributed by atoms with Gasteiger partial charge in [0.1, 0.15) is 11.5 Å². The highest BCUT2D eigenvalue weighted by Gasteiger charge is 2.53. The summed E-state index contributed by atoms with van der Waals surface area (Å²) in [6, 6.07) is 77.4. The van der Waals surface area contributed by atoms with Crippen molar-refractivity contribution in [3.05, 3.63) is 251 Å². The molecule has 3 aliphatic carbocycles. The Balaban J connectivity index is 1.11. The zero-order valence-corrected chi connectivity index (χ0v) is 32.0. The van der Waals surface area contributed by atoms with E-state index in [1.54, 1.807) is 0 Å². The Labute approximate surface area is 342 Å². The molecule has 0 aromatic heterocycles. The molecule has 0 saturated carbocycles. The van der Waals surface area contributed by atoms with Gasteiger partial charge in [0, 0.05) is 11.1 Å². The molecule has 4 aliphatic rings. The van der Waals surface area contributed by atoms with Crippen LogP contribution in [0, 0.1) is 0 Å². The summed E-state index contributed by atoms with van der Waals surface area (Å²) in [5.74, 6) is 1.81. The Morgan fingerprint density at radius 1 is 0.271 bits per heavy atom. The van der Waals surface area contributed by atoms with Gasteiger partial charge < -0.3 is 4.74 Å². The minimum absolute atomic E-state index is 0.533. The predicted molar refractivity (Wildman–Crippen MR) is 241 cm³/mol. The van der Waals surface area contributed by atoms with E-state index < -0.39 is 10.8 Å². The minimum Gasteiger partial charge on any atom is -0.457 e. The summed E-state index contributed by atoms with van der Waals surface area (Å²) in [6.07, 6.45) is 0. The van der Waals surface area contributed by atoms with Crippen molar-refractivity contribution in [2.24, 2.45) is 0 Å². The lowest BCUT2D eigenvalue weighted by Crippen LogP contribution is -2.33. The topological polar surface area (TPSA) is 9.23 Å². The van der Waals surface area contributed by atoms with E-state index in [1.807, 2.05) is 0 Å². The molecule has 0 N–H and O–H groups in total. The van der Waals surface area contributed by atoms with Crippen LogP contribution in [-0.4, -0.2) is 0 Å². The van der Waals surface area contributed by atoms with Crippen molar-refractivity contribution in [2.75, 3.05) is 0 Å². The molecule has 0 fully saturated rings. The highest BCUT2D eigenvalue weighted by Crippen LogP contribution is 2.66. The quantitative estimate of drug-likeness (QED) is 0.163. The molecule has 0 radical (unpaired) electrons. The lowest BCUT2D eigenvalue weighted by Gasteiger charge is -2.41. The Bertz CT molecular complexity index is 3450. The normalized spacial score (nSPS) is 16.5. The lowest BCUT2D eigenvalue weighted by molar-refractivity contribution is 0.437. The molecule has 272 valence electrons. The van der Waals surface area contributed by atoms with Gasteiger partial charge in [-0.15, -0.1) is 0 Å². The van der Waals surface area contributed by atoms with Crippen molar-refractivity contribution in [3.63, 3.8) is 0 Å². The summed E-state index contributed by atoms with van der Waals surface area (Å²) in [5.41, 5.74) is 19.4. The fourth-order valence-corrected chi connectivity index (χ4v) is 12.0. The monoisotopic (exact) mass is 746 g/mol. The highest BCUT2D eigenvalue weighted by molar-refractivity contribution is 6.08. The van der Waals surface area contributed by atoms with Crippen LogP contribution in [0.3, 0.4) is 0 Å². The average Bonchev–Trinajstić information content (AvgIpc) is 3.76. The van der Waals surface area contributed by atoms with Gasteiger partial charge in [-0.25, -0.2) is 0 Å². The minimum atomic E-state index is -0.587. The van der Waals surface area contributed by atoms with Gasteiger partial charge >= 0.3 is 0 Å². The Morgan fingerprint density at radius 2 is 0.729 bits per heavy atom. The molecular weight excluding hydrogens is 713 g/mol. The first-order valence-electron chi connectivity index (χ1n) is 20.7. The number of benzene rings is 10. The molecule has 0 saturated heterocycles. The Kier molecular flexibility index (Phi) is 5.96. The second-order valence-electron chi connectivity index (χ2n) is 16.6. The van der Waals surface area contributed by atoms with Crippen LogP contribution >= 0.6 is 0 Å². The number of hydrogen-bond donors (Lipinski definition) is 0. The number of hydrogen-bond acceptors (Lipinski definition) is 1. The molecule has 2 spiro atoms. The van der Waals surface area contributed by atoms with Crippen LogP contribution in [0.2, 0.25) is 0 Å². The van der Waals surface area contributed by atoms with Gasteiger partial charge in [-0.05, 0) is 124 Å². The molecule has 1 aliphatic heterocycles. The van der Waals surface area contributed by atoms with E-state index in [0.717, 1.165) is 11.5 Å². The average molecular weight is 747 g/mol. The van der Waals surface area contributed by atoms with E-state index in [2.05, 4.69) is 206 Å². The fourth-order valence-electron chi connectivity index (χ4n) is 12.0. The Morgan fingerprint density at radius 3 is 1.42 bits per heavy atom. The molecule has 1 nitrogen and oxygen atoms in total. The van der Waals surface area contributed by atoms with Gasteiger partial charge in [0.05, 0.1) is 10.8 Å². The first kappa shape index (κ1) is 31.6. The van der Waals surface area contributed by atoms with Crippen molar-refractivity contribution in [1.82, 2.24) is 0 Å². The van der Waals surface area contributed by atoms with Gasteiger partial charge in [0.2, 0.25) is 0 Å². The summed E-state index contributed by atoms with van der Waals surface area (Å²) in [6.45, 7) is 0. The van der Waals surface area contributed by atoms with Crippen LogP contribution in [0.5, 0.6) is 11.5 Å². The summed E-state index contributed by atoms with van der Waals surface area (Å²) in [5, 5.41) is 5.00. The Hall–Kier alpha value is -7.48. The van der Waals surface area contributed by atoms with Crippen LogP contribution in [-0.2, 0) is 10.8 Å².